The van der Waals surface area contributed by atoms with Gasteiger partial charge in [0.25, 0.3) is 0 Å². The van der Waals surface area contributed by atoms with E-state index in [-0.39, 0.29) is 17.0 Å². The van der Waals surface area contributed by atoms with Crippen molar-refractivity contribution in [2.75, 3.05) is 0 Å². The maximum Gasteiger partial charge on any atom is 0.222 e. The molecule has 2 nitrogen and oxygen atoms in total. The average molecular weight is 200 g/mol. The highest BCUT2D eigenvalue weighted by Crippen LogP contribution is 2.26. The van der Waals surface area contributed by atoms with Crippen LogP contribution in [0.5, 0.6) is 0 Å². The summed E-state index contributed by atoms with van der Waals surface area (Å²) in [7, 11) is 0. The molecule has 0 radical (unpaired) electrons. The summed E-state index contributed by atoms with van der Waals surface area (Å²) in [6.45, 7) is 0. The Morgan fingerprint density at radius 1 is 1.54 bits per heavy atom. The van der Waals surface area contributed by atoms with Crippen LogP contribution in [0.25, 0.3) is 0 Å². The zero-order chi connectivity index (χ0) is 9.42. The Morgan fingerprint density at radius 2 is 2.23 bits per heavy atom. The molecule has 0 aliphatic carbocycles. The molecule has 1 N–H and O–H groups in total. The van der Waals surface area contributed by atoms with Crippen LogP contribution in [0.3, 0.4) is 0 Å². The normalized spacial score (nSPS) is 20.8. The van der Waals surface area contributed by atoms with Crippen LogP contribution in [0.2, 0.25) is 5.02 Å². The van der Waals surface area contributed by atoms with Gasteiger partial charge in [-0.05, 0) is 17.7 Å². The SMILES string of the molecule is O=C1CC(c2ccc(F)c(Cl)c2)N1. The Bertz CT molecular complexity index is 359. The van der Waals surface area contributed by atoms with Crippen molar-refractivity contribution in [2.24, 2.45) is 0 Å². The second kappa shape index (κ2) is 3.00. The highest BCUT2D eigenvalue weighted by Gasteiger charge is 2.26. The van der Waals surface area contributed by atoms with E-state index in [0.29, 0.717) is 6.42 Å². The third kappa shape index (κ3) is 1.52. The zero-order valence-corrected chi connectivity index (χ0v) is 7.44. The largest absolute Gasteiger partial charge is 0.349 e. The van der Waals surface area contributed by atoms with E-state index < -0.39 is 5.82 Å². The third-order valence-corrected chi connectivity index (χ3v) is 2.36. The van der Waals surface area contributed by atoms with Gasteiger partial charge in [-0.1, -0.05) is 17.7 Å². The summed E-state index contributed by atoms with van der Waals surface area (Å²) in [4.78, 5) is 10.6. The fourth-order valence-electron chi connectivity index (χ4n) is 1.29. The predicted octanol–water partition coefficient (Wildman–Crippen LogP) is 2.04. The van der Waals surface area contributed by atoms with Gasteiger partial charge in [0.05, 0.1) is 17.5 Å². The van der Waals surface area contributed by atoms with Crippen LogP contribution in [0.15, 0.2) is 18.2 Å². The summed E-state index contributed by atoms with van der Waals surface area (Å²) >= 11 is 5.59. The molecule has 1 aromatic rings. The Balaban J connectivity index is 2.22. The molecule has 1 atom stereocenters. The van der Waals surface area contributed by atoms with Crippen LogP contribution >= 0.6 is 11.6 Å². The Morgan fingerprint density at radius 3 is 2.77 bits per heavy atom. The first-order valence-electron chi connectivity index (χ1n) is 3.91. The monoisotopic (exact) mass is 199 g/mol. The summed E-state index contributed by atoms with van der Waals surface area (Å²) in [6.07, 6.45) is 0.460. The van der Waals surface area contributed by atoms with Crippen molar-refractivity contribution in [1.82, 2.24) is 5.32 Å². The van der Waals surface area contributed by atoms with Gasteiger partial charge >= 0.3 is 0 Å². The van der Waals surface area contributed by atoms with Gasteiger partial charge in [0.15, 0.2) is 0 Å². The molecule has 1 heterocycles. The molecule has 0 aromatic heterocycles. The van der Waals surface area contributed by atoms with Crippen molar-refractivity contribution in [1.29, 1.82) is 0 Å². The summed E-state index contributed by atoms with van der Waals surface area (Å²) in [5, 5.41) is 2.78. The molecule has 0 saturated carbocycles. The van der Waals surface area contributed by atoms with E-state index >= 15 is 0 Å². The summed E-state index contributed by atoms with van der Waals surface area (Å²) in [5.74, 6) is -0.415. The van der Waals surface area contributed by atoms with Crippen LogP contribution in [0, 0.1) is 5.82 Å². The van der Waals surface area contributed by atoms with Gasteiger partial charge in [0.1, 0.15) is 5.82 Å². The van der Waals surface area contributed by atoms with E-state index in [4.69, 9.17) is 11.6 Å². The van der Waals surface area contributed by atoms with E-state index in [0.717, 1.165) is 5.56 Å². The van der Waals surface area contributed by atoms with E-state index in [1.165, 1.54) is 6.07 Å². The van der Waals surface area contributed by atoms with E-state index in [1.807, 2.05) is 0 Å². The Kier molecular flexibility index (Phi) is 1.96. The highest BCUT2D eigenvalue weighted by atomic mass is 35.5. The van der Waals surface area contributed by atoms with Crippen molar-refractivity contribution < 1.29 is 9.18 Å². The smallest absolute Gasteiger partial charge is 0.222 e. The summed E-state index contributed by atoms with van der Waals surface area (Å²) in [6, 6.07) is 4.49. The van der Waals surface area contributed by atoms with Crippen molar-refractivity contribution in [3.63, 3.8) is 0 Å². The zero-order valence-electron chi connectivity index (χ0n) is 6.68. The quantitative estimate of drug-likeness (QED) is 0.689. The second-order valence-electron chi connectivity index (χ2n) is 3.00. The summed E-state index contributed by atoms with van der Waals surface area (Å²) < 4.78 is 12.7. The van der Waals surface area contributed by atoms with Gasteiger partial charge in [0, 0.05) is 0 Å². The Hall–Kier alpha value is -1.09. The van der Waals surface area contributed by atoms with Crippen LogP contribution in [-0.2, 0) is 4.79 Å². The lowest BCUT2D eigenvalue weighted by Crippen LogP contribution is -2.41. The molecule has 4 heteroatoms. The molecule has 1 aliphatic heterocycles. The third-order valence-electron chi connectivity index (χ3n) is 2.07. The highest BCUT2D eigenvalue weighted by molar-refractivity contribution is 6.30. The van der Waals surface area contributed by atoms with E-state index in [9.17, 15) is 9.18 Å². The minimum Gasteiger partial charge on any atom is -0.349 e. The number of β-lactam (4-membered cyclic amide) rings is 1. The minimum absolute atomic E-state index is 0.00519. The van der Waals surface area contributed by atoms with Crippen molar-refractivity contribution >= 4 is 17.5 Å². The molecule has 68 valence electrons. The molecule has 2 rings (SSSR count). The number of carbonyl (C=O) groups excluding carboxylic acids is 1. The minimum atomic E-state index is -0.434. The van der Waals surface area contributed by atoms with Crippen LogP contribution in [0.4, 0.5) is 4.39 Å². The molecule has 1 aromatic carbocycles. The molecule has 1 aliphatic rings. The fourth-order valence-corrected chi connectivity index (χ4v) is 1.48. The van der Waals surface area contributed by atoms with E-state index in [2.05, 4.69) is 5.32 Å². The first kappa shape index (κ1) is 8.51. The first-order valence-corrected chi connectivity index (χ1v) is 4.29. The van der Waals surface area contributed by atoms with Crippen molar-refractivity contribution in [3.05, 3.63) is 34.6 Å². The molecule has 1 saturated heterocycles. The van der Waals surface area contributed by atoms with Crippen LogP contribution in [-0.4, -0.2) is 5.91 Å². The van der Waals surface area contributed by atoms with Gasteiger partial charge in [-0.2, -0.15) is 0 Å². The molecule has 1 fully saturated rings. The lowest BCUT2D eigenvalue weighted by molar-refractivity contribution is -0.128. The molecule has 0 spiro atoms. The number of hydrogen-bond acceptors (Lipinski definition) is 1. The van der Waals surface area contributed by atoms with Gasteiger partial charge in [-0.15, -0.1) is 0 Å². The topological polar surface area (TPSA) is 29.1 Å². The molecule has 1 unspecified atom stereocenters. The van der Waals surface area contributed by atoms with Gasteiger partial charge in [0.2, 0.25) is 5.91 Å². The fraction of sp³-hybridized carbons (Fsp3) is 0.222. The number of rotatable bonds is 1. The van der Waals surface area contributed by atoms with E-state index in [1.54, 1.807) is 12.1 Å². The van der Waals surface area contributed by atoms with Crippen LogP contribution in [0.1, 0.15) is 18.0 Å². The van der Waals surface area contributed by atoms with Crippen molar-refractivity contribution in [3.8, 4) is 0 Å². The molecule has 13 heavy (non-hydrogen) atoms. The maximum absolute atomic E-state index is 12.7. The number of carbonyl (C=O) groups is 1. The maximum atomic E-state index is 12.7. The Labute approximate surface area is 79.7 Å². The number of halogens is 2. The van der Waals surface area contributed by atoms with Gasteiger partial charge in [-0.3, -0.25) is 4.79 Å². The summed E-state index contributed by atoms with van der Waals surface area (Å²) in [5.41, 5.74) is 0.853. The molecular formula is C9H7ClFNO. The number of nitrogens with one attached hydrogen (secondary N) is 1. The second-order valence-corrected chi connectivity index (χ2v) is 3.40. The first-order chi connectivity index (χ1) is 6.16. The lowest BCUT2D eigenvalue weighted by atomic mass is 9.97. The number of amides is 1. The molecular weight excluding hydrogens is 193 g/mol. The standard InChI is InChI=1S/C9H7ClFNO/c10-6-3-5(1-2-7(6)11)8-4-9(13)12-8/h1-3,8H,4H2,(H,12,13). The number of hydrogen-bond donors (Lipinski definition) is 1. The van der Waals surface area contributed by atoms with Gasteiger partial charge < -0.3 is 5.32 Å². The van der Waals surface area contributed by atoms with Crippen LogP contribution < -0.4 is 5.32 Å². The predicted molar refractivity (Wildman–Crippen MR) is 46.9 cm³/mol. The number of benzene rings is 1. The average Bonchev–Trinajstić information content (AvgIpc) is 2.05. The molecule has 0 bridgehead atoms. The van der Waals surface area contributed by atoms with Crippen molar-refractivity contribution in [2.45, 2.75) is 12.5 Å². The van der Waals surface area contributed by atoms with Gasteiger partial charge in [-0.25, -0.2) is 4.39 Å². The lowest BCUT2D eigenvalue weighted by Gasteiger charge is -2.27. The molecule has 1 amide bonds.